The molecule has 0 saturated heterocycles. The van der Waals surface area contributed by atoms with Crippen molar-refractivity contribution in [2.24, 2.45) is 0 Å². The third-order valence-corrected chi connectivity index (χ3v) is 6.43. The van der Waals surface area contributed by atoms with Crippen LogP contribution in [-0.4, -0.2) is 15.0 Å². The van der Waals surface area contributed by atoms with Crippen LogP contribution in [0.4, 0.5) is 0 Å². The first-order chi connectivity index (χ1) is 11.2. The molecular formula is C19H18O3S. The molecule has 3 nitrogen and oxygen atoms in total. The van der Waals surface area contributed by atoms with E-state index in [1.807, 2.05) is 18.2 Å². The fourth-order valence-electron chi connectivity index (χ4n) is 3.38. The summed E-state index contributed by atoms with van der Waals surface area (Å²) >= 11 is 0. The quantitative estimate of drug-likeness (QED) is 0.844. The van der Waals surface area contributed by atoms with Gasteiger partial charge in [0.25, 0.3) is 0 Å². The summed E-state index contributed by atoms with van der Waals surface area (Å²) in [5.41, 5.74) is 3.55. The van der Waals surface area contributed by atoms with Gasteiger partial charge in [0.15, 0.2) is 0 Å². The molecule has 0 saturated carbocycles. The Morgan fingerprint density at radius 2 is 1.70 bits per heavy atom. The largest absolute Gasteiger partial charge is 0.488 e. The molecule has 0 bridgehead atoms. The van der Waals surface area contributed by atoms with Crippen LogP contribution in [0.15, 0.2) is 52.3 Å². The molecule has 2 aromatic rings. The number of aryl methyl sites for hydroxylation is 1. The van der Waals surface area contributed by atoms with E-state index < -0.39 is 9.84 Å². The summed E-state index contributed by atoms with van der Waals surface area (Å²) in [6, 6.07) is 12.7. The third-order valence-electron chi connectivity index (χ3n) is 4.61. The molecule has 1 aliphatic carbocycles. The maximum Gasteiger partial charge on any atom is 0.206 e. The Bertz CT molecular complexity index is 880. The fourth-order valence-corrected chi connectivity index (χ4v) is 4.68. The number of sulfone groups is 1. The van der Waals surface area contributed by atoms with Gasteiger partial charge in [-0.2, -0.15) is 0 Å². The van der Waals surface area contributed by atoms with Crippen LogP contribution in [0.25, 0.3) is 6.08 Å². The topological polar surface area (TPSA) is 43.4 Å². The van der Waals surface area contributed by atoms with Crippen LogP contribution >= 0.6 is 0 Å². The van der Waals surface area contributed by atoms with Gasteiger partial charge >= 0.3 is 0 Å². The molecule has 1 aliphatic heterocycles. The number of ether oxygens (including phenoxy) is 1. The van der Waals surface area contributed by atoms with E-state index in [4.69, 9.17) is 4.74 Å². The molecule has 0 spiro atoms. The van der Waals surface area contributed by atoms with Crippen LogP contribution in [0.5, 0.6) is 5.75 Å². The van der Waals surface area contributed by atoms with Gasteiger partial charge in [-0.3, -0.25) is 0 Å². The summed E-state index contributed by atoms with van der Waals surface area (Å²) in [7, 11) is -3.50. The molecule has 2 aliphatic rings. The van der Waals surface area contributed by atoms with Crippen molar-refractivity contribution in [2.75, 3.05) is 6.61 Å². The maximum absolute atomic E-state index is 12.8. The van der Waals surface area contributed by atoms with Gasteiger partial charge in [0, 0.05) is 5.56 Å². The lowest BCUT2D eigenvalue weighted by Gasteiger charge is -2.24. The number of benzene rings is 2. The first-order valence-electron chi connectivity index (χ1n) is 7.94. The van der Waals surface area contributed by atoms with Crippen LogP contribution in [0, 0.1) is 0 Å². The van der Waals surface area contributed by atoms with Crippen LogP contribution in [0.2, 0.25) is 0 Å². The number of hydrogen-bond donors (Lipinski definition) is 0. The second-order valence-corrected chi connectivity index (χ2v) is 8.04. The molecule has 0 radical (unpaired) electrons. The first kappa shape index (κ1) is 14.5. The highest BCUT2D eigenvalue weighted by Crippen LogP contribution is 2.37. The minimum atomic E-state index is -3.50. The molecule has 23 heavy (non-hydrogen) atoms. The molecule has 4 heteroatoms. The summed E-state index contributed by atoms with van der Waals surface area (Å²) in [6.45, 7) is 0.100. The van der Waals surface area contributed by atoms with Gasteiger partial charge in [0.1, 0.15) is 12.4 Å². The maximum atomic E-state index is 12.8. The van der Waals surface area contributed by atoms with Gasteiger partial charge in [0.2, 0.25) is 9.84 Å². The lowest BCUT2D eigenvalue weighted by Crippen LogP contribution is -2.17. The van der Waals surface area contributed by atoms with E-state index in [9.17, 15) is 8.42 Å². The molecule has 2 aromatic carbocycles. The van der Waals surface area contributed by atoms with E-state index in [2.05, 4.69) is 6.07 Å². The zero-order valence-electron chi connectivity index (χ0n) is 12.8. The number of rotatable bonds is 2. The SMILES string of the molecule is O=S(=O)(C1=Cc2c(ccc3c2CCCC3)OC1)c1ccccc1. The highest BCUT2D eigenvalue weighted by atomic mass is 32.2. The highest BCUT2D eigenvalue weighted by molar-refractivity contribution is 7.95. The molecule has 0 atom stereocenters. The van der Waals surface area contributed by atoms with Gasteiger partial charge in [0.05, 0.1) is 9.80 Å². The lowest BCUT2D eigenvalue weighted by atomic mass is 9.87. The van der Waals surface area contributed by atoms with Gasteiger partial charge in [-0.05, 0) is 61.1 Å². The number of hydrogen-bond acceptors (Lipinski definition) is 3. The summed E-state index contributed by atoms with van der Waals surface area (Å²) in [5.74, 6) is 0.803. The fraction of sp³-hybridized carbons (Fsp3) is 0.263. The number of fused-ring (bicyclic) bond motifs is 3. The highest BCUT2D eigenvalue weighted by Gasteiger charge is 2.27. The van der Waals surface area contributed by atoms with Gasteiger partial charge < -0.3 is 4.74 Å². The monoisotopic (exact) mass is 326 g/mol. The summed E-state index contributed by atoms with van der Waals surface area (Å²) in [5, 5.41) is 0. The van der Waals surface area contributed by atoms with E-state index >= 15 is 0 Å². The first-order valence-corrected chi connectivity index (χ1v) is 9.43. The van der Waals surface area contributed by atoms with Crippen LogP contribution in [0.3, 0.4) is 0 Å². The Morgan fingerprint density at radius 1 is 0.913 bits per heavy atom. The Balaban J connectivity index is 1.83. The molecule has 0 aromatic heterocycles. The zero-order chi connectivity index (χ0) is 15.9. The van der Waals surface area contributed by atoms with Crippen molar-refractivity contribution in [1.82, 2.24) is 0 Å². The molecule has 118 valence electrons. The van der Waals surface area contributed by atoms with Crippen LogP contribution in [-0.2, 0) is 22.7 Å². The Labute approximate surface area is 136 Å². The van der Waals surface area contributed by atoms with Crippen LogP contribution < -0.4 is 4.74 Å². The summed E-state index contributed by atoms with van der Waals surface area (Å²) in [6.07, 6.45) is 6.24. The van der Waals surface area contributed by atoms with E-state index in [1.165, 1.54) is 17.5 Å². The summed E-state index contributed by atoms with van der Waals surface area (Å²) < 4.78 is 31.4. The molecule has 1 heterocycles. The minimum Gasteiger partial charge on any atom is -0.488 e. The predicted octanol–water partition coefficient (Wildman–Crippen LogP) is 3.77. The standard InChI is InChI=1S/C19H18O3S/c20-23(21,15-7-2-1-3-8-15)16-12-18-17-9-5-4-6-14(17)10-11-19(18)22-13-16/h1-3,7-8,10-12H,4-6,9,13H2. The third kappa shape index (κ3) is 2.47. The van der Waals surface area contributed by atoms with E-state index in [1.54, 1.807) is 24.3 Å². The van der Waals surface area contributed by atoms with Gasteiger partial charge in [-0.25, -0.2) is 8.42 Å². The molecule has 0 N–H and O–H groups in total. The molecular weight excluding hydrogens is 308 g/mol. The summed E-state index contributed by atoms with van der Waals surface area (Å²) in [4.78, 5) is 0.665. The Kier molecular flexibility index (Phi) is 3.49. The van der Waals surface area contributed by atoms with Crippen molar-refractivity contribution >= 4 is 15.9 Å². The normalized spacial score (nSPS) is 16.8. The van der Waals surface area contributed by atoms with Crippen molar-refractivity contribution in [3.63, 3.8) is 0 Å². The Morgan fingerprint density at radius 3 is 2.52 bits per heavy atom. The van der Waals surface area contributed by atoms with Crippen molar-refractivity contribution < 1.29 is 13.2 Å². The average Bonchev–Trinajstić information content (AvgIpc) is 2.62. The molecule has 0 fully saturated rings. The average molecular weight is 326 g/mol. The van der Waals surface area contributed by atoms with Crippen LogP contribution in [0.1, 0.15) is 29.5 Å². The van der Waals surface area contributed by atoms with Crippen molar-refractivity contribution in [1.29, 1.82) is 0 Å². The minimum absolute atomic E-state index is 0.100. The van der Waals surface area contributed by atoms with Crippen molar-refractivity contribution in [3.8, 4) is 5.75 Å². The van der Waals surface area contributed by atoms with Crippen molar-refractivity contribution in [2.45, 2.75) is 30.6 Å². The lowest BCUT2D eigenvalue weighted by molar-refractivity contribution is 0.352. The van der Waals surface area contributed by atoms with E-state index in [-0.39, 0.29) is 6.61 Å². The zero-order valence-corrected chi connectivity index (χ0v) is 13.6. The Hall–Kier alpha value is -2.07. The molecule has 0 amide bonds. The second-order valence-electron chi connectivity index (χ2n) is 6.04. The van der Waals surface area contributed by atoms with Gasteiger partial charge in [-0.1, -0.05) is 24.3 Å². The predicted molar refractivity (Wildman–Crippen MR) is 90.2 cm³/mol. The molecule has 0 unspecified atom stereocenters. The van der Waals surface area contributed by atoms with Gasteiger partial charge in [-0.15, -0.1) is 0 Å². The molecule has 4 rings (SSSR count). The van der Waals surface area contributed by atoms with E-state index in [0.29, 0.717) is 9.80 Å². The van der Waals surface area contributed by atoms with Crippen molar-refractivity contribution in [3.05, 3.63) is 64.1 Å². The second kappa shape index (κ2) is 5.53. The van der Waals surface area contributed by atoms with E-state index in [0.717, 1.165) is 30.6 Å². The smallest absolute Gasteiger partial charge is 0.206 e.